The van der Waals surface area contributed by atoms with Crippen molar-refractivity contribution in [3.63, 3.8) is 0 Å². The molecule has 0 saturated carbocycles. The number of sulfonamides is 1. The predicted molar refractivity (Wildman–Crippen MR) is 63.8 cm³/mol. The monoisotopic (exact) mass is 275 g/mol. The molecule has 1 saturated heterocycles. The second kappa shape index (κ2) is 4.40. The van der Waals surface area contributed by atoms with Gasteiger partial charge in [0.05, 0.1) is 16.4 Å². The molecule has 7 heteroatoms. The maximum absolute atomic E-state index is 11.9. The molecular formula is C10H13NO4S2. The first-order valence-corrected chi connectivity index (χ1v) is 8.47. The van der Waals surface area contributed by atoms with Gasteiger partial charge in [-0.15, -0.1) is 0 Å². The fourth-order valence-corrected chi connectivity index (χ4v) is 4.85. The number of rotatable bonds is 3. The molecule has 1 aliphatic rings. The van der Waals surface area contributed by atoms with Crippen LogP contribution in [0.25, 0.3) is 0 Å². The third-order valence-corrected chi connectivity index (χ3v) is 5.91. The van der Waals surface area contributed by atoms with E-state index in [-0.39, 0.29) is 16.4 Å². The average molecular weight is 275 g/mol. The molecule has 5 nitrogen and oxygen atoms in total. The van der Waals surface area contributed by atoms with E-state index in [1.807, 2.05) is 0 Å². The molecule has 0 amide bonds. The second-order valence-corrected chi connectivity index (χ2v) is 7.98. The van der Waals surface area contributed by atoms with Gasteiger partial charge in [0, 0.05) is 6.04 Å². The minimum absolute atomic E-state index is 0.0506. The highest BCUT2D eigenvalue weighted by Gasteiger charge is 2.31. The topological polar surface area (TPSA) is 80.3 Å². The van der Waals surface area contributed by atoms with Crippen molar-refractivity contribution in [3.05, 3.63) is 30.3 Å². The summed E-state index contributed by atoms with van der Waals surface area (Å²) < 4.78 is 48.7. The summed E-state index contributed by atoms with van der Waals surface area (Å²) in [5, 5.41) is 0. The van der Waals surface area contributed by atoms with E-state index >= 15 is 0 Å². The Morgan fingerprint density at radius 1 is 1.18 bits per heavy atom. The maximum Gasteiger partial charge on any atom is 0.240 e. The summed E-state index contributed by atoms with van der Waals surface area (Å²) in [5.74, 6) is -0.0615. The van der Waals surface area contributed by atoms with Crippen LogP contribution in [0.15, 0.2) is 35.2 Å². The predicted octanol–water partition coefficient (Wildman–Crippen LogP) is 0.152. The number of sulfone groups is 1. The second-order valence-electron chi connectivity index (χ2n) is 4.03. The van der Waals surface area contributed by atoms with E-state index in [0.717, 1.165) is 0 Å². The van der Waals surface area contributed by atoms with Crippen molar-refractivity contribution in [2.75, 3.05) is 11.5 Å². The smallest absolute Gasteiger partial charge is 0.229 e. The first-order valence-electron chi connectivity index (χ1n) is 5.17. The molecular weight excluding hydrogens is 262 g/mol. The molecule has 17 heavy (non-hydrogen) atoms. The van der Waals surface area contributed by atoms with Crippen LogP contribution in [0.2, 0.25) is 0 Å². The summed E-state index contributed by atoms with van der Waals surface area (Å²) in [6, 6.07) is 7.42. The number of hydrogen-bond donors (Lipinski definition) is 1. The fourth-order valence-electron chi connectivity index (χ4n) is 1.78. The zero-order chi connectivity index (χ0) is 12.5. The molecule has 1 fully saturated rings. The Morgan fingerprint density at radius 3 is 2.35 bits per heavy atom. The van der Waals surface area contributed by atoms with Gasteiger partial charge in [-0.25, -0.2) is 21.6 Å². The SMILES string of the molecule is O=S1(=O)CCC(NS(=O)(=O)c2ccccc2)C1. The molecule has 94 valence electrons. The first kappa shape index (κ1) is 12.5. The van der Waals surface area contributed by atoms with Crippen LogP contribution in [0.3, 0.4) is 0 Å². The quantitative estimate of drug-likeness (QED) is 0.851. The van der Waals surface area contributed by atoms with Gasteiger partial charge in [0.2, 0.25) is 10.0 Å². The molecule has 0 radical (unpaired) electrons. The van der Waals surface area contributed by atoms with Gasteiger partial charge in [0.25, 0.3) is 0 Å². The van der Waals surface area contributed by atoms with E-state index in [2.05, 4.69) is 4.72 Å². The van der Waals surface area contributed by atoms with Gasteiger partial charge in [-0.1, -0.05) is 18.2 Å². The van der Waals surface area contributed by atoms with Crippen molar-refractivity contribution < 1.29 is 16.8 Å². The summed E-state index contributed by atoms with van der Waals surface area (Å²) in [4.78, 5) is 0.157. The molecule has 0 aliphatic carbocycles. The van der Waals surface area contributed by atoms with E-state index in [0.29, 0.717) is 6.42 Å². The molecule has 2 rings (SSSR count). The number of nitrogens with one attached hydrogen (secondary N) is 1. The van der Waals surface area contributed by atoms with Crippen molar-refractivity contribution in [2.45, 2.75) is 17.4 Å². The molecule has 1 heterocycles. The van der Waals surface area contributed by atoms with Crippen molar-refractivity contribution in [3.8, 4) is 0 Å². The van der Waals surface area contributed by atoms with Crippen LogP contribution in [-0.2, 0) is 19.9 Å². The highest BCUT2D eigenvalue weighted by molar-refractivity contribution is 7.92. The van der Waals surface area contributed by atoms with Gasteiger partial charge < -0.3 is 0 Å². The maximum atomic E-state index is 11.9. The van der Waals surface area contributed by atoms with Crippen LogP contribution in [0.1, 0.15) is 6.42 Å². The van der Waals surface area contributed by atoms with Crippen LogP contribution in [-0.4, -0.2) is 34.4 Å². The molecule has 1 aromatic carbocycles. The Balaban J connectivity index is 2.15. The Hall–Kier alpha value is -0.920. The van der Waals surface area contributed by atoms with Crippen molar-refractivity contribution >= 4 is 19.9 Å². The standard InChI is InChI=1S/C10H13NO4S2/c12-16(13)7-6-9(8-16)11-17(14,15)10-4-2-1-3-5-10/h1-5,9,11H,6-8H2. The summed E-state index contributed by atoms with van der Waals surface area (Å²) in [6.45, 7) is 0. The van der Waals surface area contributed by atoms with E-state index in [9.17, 15) is 16.8 Å². The number of benzene rings is 1. The largest absolute Gasteiger partial charge is 0.240 e. The minimum Gasteiger partial charge on any atom is -0.229 e. The lowest BCUT2D eigenvalue weighted by atomic mass is 10.3. The van der Waals surface area contributed by atoms with Gasteiger partial charge in [-0.05, 0) is 18.6 Å². The van der Waals surface area contributed by atoms with Crippen LogP contribution in [0, 0.1) is 0 Å². The Bertz CT molecular complexity index is 592. The van der Waals surface area contributed by atoms with Crippen molar-refractivity contribution in [2.24, 2.45) is 0 Å². The van der Waals surface area contributed by atoms with Crippen molar-refractivity contribution in [1.29, 1.82) is 0 Å². The van der Waals surface area contributed by atoms with Crippen LogP contribution < -0.4 is 4.72 Å². The summed E-state index contributed by atoms with van der Waals surface area (Å²) in [6.07, 6.45) is 0.342. The zero-order valence-corrected chi connectivity index (χ0v) is 10.7. The average Bonchev–Trinajstić information content (AvgIpc) is 2.58. The van der Waals surface area contributed by atoms with E-state index in [4.69, 9.17) is 0 Å². The third-order valence-electron chi connectivity index (χ3n) is 2.61. The summed E-state index contributed by atoms with van der Waals surface area (Å²) in [5.41, 5.74) is 0. The number of hydrogen-bond acceptors (Lipinski definition) is 4. The summed E-state index contributed by atoms with van der Waals surface area (Å²) in [7, 11) is -6.69. The Kier molecular flexibility index (Phi) is 3.24. The zero-order valence-electron chi connectivity index (χ0n) is 9.03. The van der Waals surface area contributed by atoms with Crippen LogP contribution in [0.4, 0.5) is 0 Å². The minimum atomic E-state index is -3.61. The van der Waals surface area contributed by atoms with Gasteiger partial charge in [0.1, 0.15) is 0 Å². The lowest BCUT2D eigenvalue weighted by Gasteiger charge is -2.11. The summed E-state index contributed by atoms with van der Waals surface area (Å²) >= 11 is 0. The molecule has 0 aromatic heterocycles. The third kappa shape index (κ3) is 3.05. The van der Waals surface area contributed by atoms with Gasteiger partial charge in [-0.2, -0.15) is 0 Å². The normalized spacial score (nSPS) is 23.6. The molecule has 0 spiro atoms. The van der Waals surface area contributed by atoms with Crippen molar-refractivity contribution in [1.82, 2.24) is 4.72 Å². The van der Waals surface area contributed by atoms with E-state index in [1.54, 1.807) is 18.2 Å². The lowest BCUT2D eigenvalue weighted by Crippen LogP contribution is -2.35. The van der Waals surface area contributed by atoms with E-state index in [1.165, 1.54) is 12.1 Å². The molecule has 1 aromatic rings. The first-order chi connectivity index (χ1) is 7.89. The molecule has 1 unspecified atom stereocenters. The Labute approximate surface area is 101 Å². The highest BCUT2D eigenvalue weighted by Crippen LogP contribution is 2.15. The van der Waals surface area contributed by atoms with Gasteiger partial charge >= 0.3 is 0 Å². The molecule has 0 bridgehead atoms. The molecule has 1 atom stereocenters. The van der Waals surface area contributed by atoms with Gasteiger partial charge in [0.15, 0.2) is 9.84 Å². The van der Waals surface area contributed by atoms with Crippen LogP contribution in [0.5, 0.6) is 0 Å². The lowest BCUT2D eigenvalue weighted by molar-refractivity contribution is 0.562. The van der Waals surface area contributed by atoms with Crippen LogP contribution >= 0.6 is 0 Å². The fraction of sp³-hybridized carbons (Fsp3) is 0.400. The Morgan fingerprint density at radius 2 is 1.82 bits per heavy atom. The molecule has 1 N–H and O–H groups in total. The van der Waals surface area contributed by atoms with E-state index < -0.39 is 25.9 Å². The van der Waals surface area contributed by atoms with Gasteiger partial charge in [-0.3, -0.25) is 0 Å². The molecule has 1 aliphatic heterocycles. The highest BCUT2D eigenvalue weighted by atomic mass is 32.2.